The van der Waals surface area contributed by atoms with E-state index in [9.17, 15) is 13.5 Å². The van der Waals surface area contributed by atoms with Crippen molar-refractivity contribution in [2.45, 2.75) is 13.0 Å². The Morgan fingerprint density at radius 1 is 1.28 bits per heavy atom. The number of hydrogen-bond acceptors (Lipinski definition) is 4. The molecule has 0 unspecified atom stereocenters. The van der Waals surface area contributed by atoms with Crippen molar-refractivity contribution in [1.29, 1.82) is 0 Å². The molecule has 0 spiro atoms. The van der Waals surface area contributed by atoms with Gasteiger partial charge in [0.05, 0.1) is 28.8 Å². The van der Waals surface area contributed by atoms with Gasteiger partial charge in [0.25, 0.3) is 0 Å². The molecule has 1 heterocycles. The molecule has 0 atom stereocenters. The minimum absolute atomic E-state index is 0.0981. The van der Waals surface area contributed by atoms with Crippen molar-refractivity contribution in [1.82, 2.24) is 0 Å². The van der Waals surface area contributed by atoms with E-state index in [0.29, 0.717) is 24.5 Å². The van der Waals surface area contributed by atoms with E-state index in [1.165, 1.54) is 0 Å². The quantitative estimate of drug-likeness (QED) is 0.895. The first kappa shape index (κ1) is 13.6. The van der Waals surface area contributed by atoms with Gasteiger partial charge in [0.1, 0.15) is 0 Å². The molecule has 0 aromatic heterocycles. The zero-order chi connectivity index (χ0) is 13.2. The van der Waals surface area contributed by atoms with Gasteiger partial charge in [0.2, 0.25) is 0 Å². The van der Waals surface area contributed by atoms with Gasteiger partial charge in [-0.1, -0.05) is 23.7 Å². The van der Waals surface area contributed by atoms with Gasteiger partial charge in [-0.3, -0.25) is 0 Å². The second kappa shape index (κ2) is 5.47. The SMILES string of the molecule is O=S1(=O)CCCN(c2c(Cl)cccc2CO)CC1. The Labute approximate surface area is 112 Å². The Hall–Kier alpha value is -0.780. The van der Waals surface area contributed by atoms with Crippen LogP contribution in [0, 0.1) is 0 Å². The van der Waals surface area contributed by atoms with Gasteiger partial charge < -0.3 is 10.0 Å². The molecule has 1 aromatic carbocycles. The van der Waals surface area contributed by atoms with E-state index in [1.807, 2.05) is 4.90 Å². The number of aliphatic hydroxyl groups excluding tert-OH is 1. The zero-order valence-electron chi connectivity index (χ0n) is 9.97. The zero-order valence-corrected chi connectivity index (χ0v) is 11.5. The summed E-state index contributed by atoms with van der Waals surface area (Å²) in [6.07, 6.45) is 0.596. The van der Waals surface area contributed by atoms with Crippen LogP contribution < -0.4 is 4.90 Å². The first-order valence-corrected chi connectivity index (χ1v) is 8.07. The molecule has 1 saturated heterocycles. The lowest BCUT2D eigenvalue weighted by Crippen LogP contribution is -2.28. The number of para-hydroxylation sites is 1. The predicted octanol–water partition coefficient (Wildman–Crippen LogP) is 1.46. The molecule has 0 aliphatic carbocycles. The number of benzene rings is 1. The molecular weight excluding hydrogens is 274 g/mol. The Morgan fingerprint density at radius 2 is 2.06 bits per heavy atom. The first-order valence-electron chi connectivity index (χ1n) is 5.87. The minimum Gasteiger partial charge on any atom is -0.392 e. The fraction of sp³-hybridized carbons (Fsp3) is 0.500. The van der Waals surface area contributed by atoms with Crippen molar-refractivity contribution in [3.63, 3.8) is 0 Å². The maximum Gasteiger partial charge on any atom is 0.152 e. The second-order valence-corrected chi connectivity index (χ2v) is 7.11. The third kappa shape index (κ3) is 2.96. The number of sulfone groups is 1. The van der Waals surface area contributed by atoms with E-state index in [-0.39, 0.29) is 18.1 Å². The van der Waals surface area contributed by atoms with Crippen molar-refractivity contribution < 1.29 is 13.5 Å². The van der Waals surface area contributed by atoms with Crippen molar-refractivity contribution in [3.05, 3.63) is 28.8 Å². The number of hydrogen-bond donors (Lipinski definition) is 1. The van der Waals surface area contributed by atoms with Crippen molar-refractivity contribution in [3.8, 4) is 0 Å². The average molecular weight is 290 g/mol. The van der Waals surface area contributed by atoms with Crippen molar-refractivity contribution in [2.24, 2.45) is 0 Å². The highest BCUT2D eigenvalue weighted by atomic mass is 35.5. The van der Waals surface area contributed by atoms with Crippen LogP contribution in [0.3, 0.4) is 0 Å². The molecule has 2 rings (SSSR count). The predicted molar refractivity (Wildman–Crippen MR) is 72.9 cm³/mol. The second-order valence-electron chi connectivity index (χ2n) is 4.40. The summed E-state index contributed by atoms with van der Waals surface area (Å²) in [6.45, 7) is 0.980. The van der Waals surface area contributed by atoms with Crippen LogP contribution in [0.4, 0.5) is 5.69 Å². The highest BCUT2D eigenvalue weighted by Gasteiger charge is 2.22. The Bertz CT molecular complexity index is 530. The lowest BCUT2D eigenvalue weighted by atomic mass is 10.1. The summed E-state index contributed by atoms with van der Waals surface area (Å²) in [5.41, 5.74) is 1.50. The molecule has 1 aliphatic heterocycles. The fourth-order valence-electron chi connectivity index (χ4n) is 2.20. The summed E-state index contributed by atoms with van der Waals surface area (Å²) in [5, 5.41) is 9.90. The lowest BCUT2D eigenvalue weighted by molar-refractivity contribution is 0.282. The maximum absolute atomic E-state index is 11.6. The van der Waals surface area contributed by atoms with Gasteiger partial charge in [-0.25, -0.2) is 8.42 Å². The van der Waals surface area contributed by atoms with Crippen LogP contribution in [0.1, 0.15) is 12.0 Å². The summed E-state index contributed by atoms with van der Waals surface area (Å²) in [4.78, 5) is 1.96. The smallest absolute Gasteiger partial charge is 0.152 e. The molecule has 100 valence electrons. The molecule has 1 N–H and O–H groups in total. The first-order chi connectivity index (χ1) is 8.53. The lowest BCUT2D eigenvalue weighted by Gasteiger charge is -2.25. The van der Waals surface area contributed by atoms with Crippen LogP contribution in [-0.4, -0.2) is 38.1 Å². The monoisotopic (exact) mass is 289 g/mol. The number of anilines is 1. The molecule has 0 saturated carbocycles. The van der Waals surface area contributed by atoms with E-state index < -0.39 is 9.84 Å². The maximum atomic E-state index is 11.6. The number of rotatable bonds is 2. The average Bonchev–Trinajstić information content (AvgIpc) is 2.50. The molecule has 18 heavy (non-hydrogen) atoms. The van der Waals surface area contributed by atoms with Gasteiger partial charge in [0.15, 0.2) is 9.84 Å². The summed E-state index contributed by atoms with van der Waals surface area (Å²) in [6, 6.07) is 5.35. The third-order valence-electron chi connectivity index (χ3n) is 3.11. The van der Waals surface area contributed by atoms with E-state index in [1.54, 1.807) is 18.2 Å². The van der Waals surface area contributed by atoms with E-state index in [2.05, 4.69) is 0 Å². The van der Waals surface area contributed by atoms with E-state index in [4.69, 9.17) is 11.6 Å². The summed E-state index contributed by atoms with van der Waals surface area (Å²) < 4.78 is 23.2. The Morgan fingerprint density at radius 3 is 2.78 bits per heavy atom. The summed E-state index contributed by atoms with van der Waals surface area (Å²) in [5.74, 6) is 0.367. The van der Waals surface area contributed by atoms with E-state index >= 15 is 0 Å². The van der Waals surface area contributed by atoms with Crippen LogP contribution in [0.2, 0.25) is 5.02 Å². The topological polar surface area (TPSA) is 57.6 Å². The molecule has 1 aliphatic rings. The minimum atomic E-state index is -2.94. The van der Waals surface area contributed by atoms with Gasteiger partial charge >= 0.3 is 0 Å². The van der Waals surface area contributed by atoms with Gasteiger partial charge in [-0.05, 0) is 12.5 Å². The molecule has 4 nitrogen and oxygen atoms in total. The molecule has 1 fully saturated rings. The van der Waals surface area contributed by atoms with E-state index in [0.717, 1.165) is 11.3 Å². The number of nitrogens with zero attached hydrogens (tertiary/aromatic N) is 1. The van der Waals surface area contributed by atoms with Crippen LogP contribution in [0.5, 0.6) is 0 Å². The molecule has 0 radical (unpaired) electrons. The molecule has 1 aromatic rings. The number of halogens is 1. The van der Waals surface area contributed by atoms with Gasteiger partial charge in [0, 0.05) is 18.7 Å². The van der Waals surface area contributed by atoms with Gasteiger partial charge in [-0.15, -0.1) is 0 Å². The Balaban J connectivity index is 2.31. The molecule has 0 bridgehead atoms. The largest absolute Gasteiger partial charge is 0.392 e. The standard InChI is InChI=1S/C12H16ClNO3S/c13-11-4-1-3-10(9-15)12(11)14-5-2-7-18(16,17)8-6-14/h1,3-4,15H,2,5-9H2. The fourth-order valence-corrected chi connectivity index (χ4v) is 3.79. The third-order valence-corrected chi connectivity index (χ3v) is 5.13. The summed E-state index contributed by atoms with van der Waals surface area (Å²) >= 11 is 6.16. The highest BCUT2D eigenvalue weighted by molar-refractivity contribution is 7.91. The van der Waals surface area contributed by atoms with Crippen molar-refractivity contribution >= 4 is 27.1 Å². The number of aliphatic hydroxyl groups is 1. The molecular formula is C12H16ClNO3S. The van der Waals surface area contributed by atoms with Crippen LogP contribution in [0.15, 0.2) is 18.2 Å². The highest BCUT2D eigenvalue weighted by Crippen LogP contribution is 2.30. The van der Waals surface area contributed by atoms with Crippen LogP contribution >= 0.6 is 11.6 Å². The van der Waals surface area contributed by atoms with Crippen molar-refractivity contribution in [2.75, 3.05) is 29.5 Å². The van der Waals surface area contributed by atoms with Crippen LogP contribution in [0.25, 0.3) is 0 Å². The molecule has 6 heteroatoms. The molecule has 0 amide bonds. The van der Waals surface area contributed by atoms with Crippen LogP contribution in [-0.2, 0) is 16.4 Å². The summed E-state index contributed by atoms with van der Waals surface area (Å²) in [7, 11) is -2.94. The normalized spacial score (nSPS) is 19.6. The Kier molecular flexibility index (Phi) is 4.14. The van der Waals surface area contributed by atoms with Gasteiger partial charge in [-0.2, -0.15) is 0 Å².